The smallest absolute Gasteiger partial charge is 0.169 e. The first-order valence-electron chi connectivity index (χ1n) is 5.41. The van der Waals surface area contributed by atoms with Crippen molar-refractivity contribution in [2.45, 2.75) is 20.0 Å². The van der Waals surface area contributed by atoms with E-state index in [-0.39, 0.29) is 17.6 Å². The van der Waals surface area contributed by atoms with E-state index in [1.807, 2.05) is 32.0 Å². The first-order valence-corrected chi connectivity index (χ1v) is 6.53. The fraction of sp³-hybridized carbons (Fsp3) is 0.462. The Kier molecular flexibility index (Phi) is 5.16. The molecule has 0 bridgehead atoms. The van der Waals surface area contributed by atoms with E-state index in [9.17, 15) is 9.90 Å². The Morgan fingerprint density at radius 2 is 1.88 bits per heavy atom. The molecule has 0 amide bonds. The third-order valence-corrected chi connectivity index (χ3v) is 3.35. The lowest BCUT2D eigenvalue weighted by molar-refractivity contribution is 0.0567. The number of hydrogen-bond donors (Lipinski definition) is 1. The van der Waals surface area contributed by atoms with Crippen LogP contribution in [0.3, 0.4) is 0 Å². The number of aliphatic hydroxyl groups is 1. The highest BCUT2D eigenvalue weighted by atomic mass is 79.9. The van der Waals surface area contributed by atoms with Gasteiger partial charge < -0.3 is 5.11 Å². The topological polar surface area (TPSA) is 37.3 Å². The van der Waals surface area contributed by atoms with Crippen molar-refractivity contribution in [1.82, 2.24) is 0 Å². The second kappa shape index (κ2) is 6.16. The summed E-state index contributed by atoms with van der Waals surface area (Å²) in [5.41, 5.74) is 0.659. The summed E-state index contributed by atoms with van der Waals surface area (Å²) in [5, 5.41) is 10.5. The van der Waals surface area contributed by atoms with Gasteiger partial charge in [-0.3, -0.25) is 4.79 Å². The molecule has 0 aromatic heterocycles. The van der Waals surface area contributed by atoms with Crippen LogP contribution in [0.15, 0.2) is 30.3 Å². The van der Waals surface area contributed by atoms with Crippen molar-refractivity contribution in [2.24, 2.45) is 11.8 Å². The van der Waals surface area contributed by atoms with Crippen LogP contribution in [0, 0.1) is 11.8 Å². The molecule has 1 rings (SSSR count). The summed E-state index contributed by atoms with van der Waals surface area (Å²) < 4.78 is 0. The van der Waals surface area contributed by atoms with E-state index < -0.39 is 6.10 Å². The number of carbonyl (C=O) groups is 1. The molecule has 1 aromatic carbocycles. The van der Waals surface area contributed by atoms with Crippen molar-refractivity contribution in [2.75, 3.05) is 5.33 Å². The predicted molar refractivity (Wildman–Crippen MR) is 68.9 cm³/mol. The van der Waals surface area contributed by atoms with Gasteiger partial charge in [0.05, 0.1) is 12.0 Å². The molecule has 0 spiro atoms. The Morgan fingerprint density at radius 3 is 2.31 bits per heavy atom. The molecule has 16 heavy (non-hydrogen) atoms. The highest BCUT2D eigenvalue weighted by Gasteiger charge is 2.28. The molecular formula is C13H17BrO2. The molecule has 88 valence electrons. The maximum absolute atomic E-state index is 12.1. The van der Waals surface area contributed by atoms with E-state index in [2.05, 4.69) is 15.9 Å². The Labute approximate surface area is 105 Å². The fourth-order valence-corrected chi connectivity index (χ4v) is 2.27. The standard InChI is InChI=1S/C13H17BrO2/c1-9(2)12(15)11(8-14)13(16)10-6-4-3-5-7-10/h3-7,9,11-12,15H,8H2,1-2H3/t11-,12+/m1/s1. The average Bonchev–Trinajstić information content (AvgIpc) is 2.30. The van der Waals surface area contributed by atoms with Crippen LogP contribution in [-0.4, -0.2) is 22.3 Å². The molecule has 2 nitrogen and oxygen atoms in total. The summed E-state index contributed by atoms with van der Waals surface area (Å²) >= 11 is 3.30. The van der Waals surface area contributed by atoms with Gasteiger partial charge in [0.15, 0.2) is 5.78 Å². The number of ketones is 1. The fourth-order valence-electron chi connectivity index (χ4n) is 1.60. The average molecular weight is 285 g/mol. The lowest BCUT2D eigenvalue weighted by atomic mass is 9.88. The van der Waals surface area contributed by atoms with Crippen LogP contribution in [0.1, 0.15) is 24.2 Å². The summed E-state index contributed by atoms with van der Waals surface area (Å²) in [4.78, 5) is 12.1. The SMILES string of the molecule is CC(C)[C@H](O)[C@@H](CBr)C(=O)c1ccccc1. The van der Waals surface area contributed by atoms with E-state index in [4.69, 9.17) is 0 Å². The van der Waals surface area contributed by atoms with E-state index >= 15 is 0 Å². The molecule has 0 saturated carbocycles. The van der Waals surface area contributed by atoms with Gasteiger partial charge >= 0.3 is 0 Å². The van der Waals surface area contributed by atoms with Crippen molar-refractivity contribution in [1.29, 1.82) is 0 Å². The van der Waals surface area contributed by atoms with Crippen LogP contribution >= 0.6 is 15.9 Å². The molecule has 0 aliphatic carbocycles. The normalized spacial score (nSPS) is 14.8. The van der Waals surface area contributed by atoms with Crippen molar-refractivity contribution in [3.63, 3.8) is 0 Å². The Hall–Kier alpha value is -0.670. The molecule has 0 aliphatic heterocycles. The van der Waals surface area contributed by atoms with Crippen LogP contribution in [0.4, 0.5) is 0 Å². The third-order valence-electron chi connectivity index (χ3n) is 2.66. The molecule has 0 saturated heterocycles. The molecule has 0 radical (unpaired) electrons. The maximum Gasteiger partial charge on any atom is 0.169 e. The largest absolute Gasteiger partial charge is 0.392 e. The van der Waals surface area contributed by atoms with Gasteiger partial charge in [0.25, 0.3) is 0 Å². The van der Waals surface area contributed by atoms with Gasteiger partial charge in [-0.15, -0.1) is 0 Å². The minimum atomic E-state index is -0.605. The number of Topliss-reactive ketones (excluding diaryl/α,β-unsaturated/α-hetero) is 1. The van der Waals surface area contributed by atoms with Gasteiger partial charge in [0.1, 0.15) is 0 Å². The van der Waals surface area contributed by atoms with Gasteiger partial charge in [-0.1, -0.05) is 60.1 Å². The number of alkyl halides is 1. The van der Waals surface area contributed by atoms with Crippen LogP contribution in [0.25, 0.3) is 0 Å². The summed E-state index contributed by atoms with van der Waals surface area (Å²) in [6.45, 7) is 3.83. The lowest BCUT2D eigenvalue weighted by Crippen LogP contribution is -2.33. The summed E-state index contributed by atoms with van der Waals surface area (Å²) in [7, 11) is 0. The molecule has 1 aromatic rings. The van der Waals surface area contributed by atoms with E-state index in [1.165, 1.54) is 0 Å². The number of benzene rings is 1. The Bertz CT molecular complexity index is 335. The van der Waals surface area contributed by atoms with Gasteiger partial charge in [0.2, 0.25) is 0 Å². The third kappa shape index (κ3) is 3.16. The van der Waals surface area contributed by atoms with Crippen LogP contribution in [0.2, 0.25) is 0 Å². The van der Waals surface area contributed by atoms with Crippen molar-refractivity contribution in [3.8, 4) is 0 Å². The van der Waals surface area contributed by atoms with Crippen molar-refractivity contribution < 1.29 is 9.90 Å². The second-order valence-electron chi connectivity index (χ2n) is 4.23. The Balaban J connectivity index is 2.86. The second-order valence-corrected chi connectivity index (χ2v) is 4.87. The molecule has 1 N–H and O–H groups in total. The molecule has 0 fully saturated rings. The number of rotatable bonds is 5. The number of carbonyl (C=O) groups excluding carboxylic acids is 1. The number of hydrogen-bond acceptors (Lipinski definition) is 2. The summed E-state index contributed by atoms with van der Waals surface area (Å²) in [6.07, 6.45) is -0.605. The van der Waals surface area contributed by atoms with Gasteiger partial charge in [-0.25, -0.2) is 0 Å². The predicted octanol–water partition coefficient (Wildman–Crippen LogP) is 2.90. The number of aliphatic hydroxyl groups excluding tert-OH is 1. The molecule has 3 heteroatoms. The van der Waals surface area contributed by atoms with Crippen LogP contribution in [0.5, 0.6) is 0 Å². The summed E-state index contributed by atoms with van der Waals surface area (Å²) in [5.74, 6) is -0.295. The van der Waals surface area contributed by atoms with Crippen molar-refractivity contribution in [3.05, 3.63) is 35.9 Å². The zero-order chi connectivity index (χ0) is 12.1. The molecule has 0 heterocycles. The van der Waals surface area contributed by atoms with Crippen molar-refractivity contribution >= 4 is 21.7 Å². The quantitative estimate of drug-likeness (QED) is 0.667. The van der Waals surface area contributed by atoms with Crippen LogP contribution in [-0.2, 0) is 0 Å². The minimum absolute atomic E-state index is 0.00123. The molecular weight excluding hydrogens is 268 g/mol. The minimum Gasteiger partial charge on any atom is -0.392 e. The first kappa shape index (κ1) is 13.4. The van der Waals surface area contributed by atoms with E-state index in [1.54, 1.807) is 12.1 Å². The first-order chi connectivity index (χ1) is 7.57. The maximum atomic E-state index is 12.1. The highest BCUT2D eigenvalue weighted by Crippen LogP contribution is 2.20. The van der Waals surface area contributed by atoms with Gasteiger partial charge in [0, 0.05) is 10.9 Å². The Morgan fingerprint density at radius 1 is 1.31 bits per heavy atom. The number of halogens is 1. The molecule has 0 unspecified atom stereocenters. The van der Waals surface area contributed by atoms with Gasteiger partial charge in [-0.05, 0) is 5.92 Å². The van der Waals surface area contributed by atoms with E-state index in [0.29, 0.717) is 10.9 Å². The highest BCUT2D eigenvalue weighted by molar-refractivity contribution is 9.09. The monoisotopic (exact) mass is 284 g/mol. The molecule has 2 atom stereocenters. The summed E-state index contributed by atoms with van der Waals surface area (Å²) in [6, 6.07) is 9.11. The van der Waals surface area contributed by atoms with Gasteiger partial charge in [-0.2, -0.15) is 0 Å². The lowest BCUT2D eigenvalue weighted by Gasteiger charge is -2.22. The molecule has 0 aliphatic rings. The zero-order valence-corrected chi connectivity index (χ0v) is 11.1. The zero-order valence-electron chi connectivity index (χ0n) is 9.56. The van der Waals surface area contributed by atoms with E-state index in [0.717, 1.165) is 0 Å². The van der Waals surface area contributed by atoms with Crippen LogP contribution < -0.4 is 0 Å².